The standard InChI is InChI=1S/C12H14BrN3/c1-9(2)15-12-14-6-7-16(12)11-5-3-4-10(13)8-11/h3-9H,1-2H3,(H,14,15). The lowest BCUT2D eigenvalue weighted by Crippen LogP contribution is -2.13. The fourth-order valence-electron chi connectivity index (χ4n) is 1.50. The summed E-state index contributed by atoms with van der Waals surface area (Å²) in [6, 6.07) is 8.51. The summed E-state index contributed by atoms with van der Waals surface area (Å²) in [5.41, 5.74) is 1.09. The van der Waals surface area contributed by atoms with E-state index in [1.54, 1.807) is 6.20 Å². The maximum Gasteiger partial charge on any atom is 0.207 e. The molecule has 0 amide bonds. The van der Waals surface area contributed by atoms with Crippen molar-refractivity contribution in [2.75, 3.05) is 5.32 Å². The first-order chi connectivity index (χ1) is 7.66. The Hall–Kier alpha value is -1.29. The number of benzene rings is 1. The molecule has 2 aromatic rings. The van der Waals surface area contributed by atoms with Gasteiger partial charge >= 0.3 is 0 Å². The van der Waals surface area contributed by atoms with Crippen LogP contribution in [0.15, 0.2) is 41.1 Å². The fourth-order valence-corrected chi connectivity index (χ4v) is 1.89. The van der Waals surface area contributed by atoms with Gasteiger partial charge < -0.3 is 5.32 Å². The van der Waals surface area contributed by atoms with E-state index >= 15 is 0 Å². The number of aromatic nitrogens is 2. The second kappa shape index (κ2) is 4.70. The van der Waals surface area contributed by atoms with Gasteiger partial charge in [0.05, 0.1) is 0 Å². The summed E-state index contributed by atoms with van der Waals surface area (Å²) >= 11 is 3.47. The topological polar surface area (TPSA) is 29.9 Å². The molecule has 0 aliphatic rings. The third kappa shape index (κ3) is 2.44. The first kappa shape index (κ1) is 11.2. The van der Waals surface area contributed by atoms with Crippen molar-refractivity contribution in [1.82, 2.24) is 9.55 Å². The minimum atomic E-state index is 0.369. The van der Waals surface area contributed by atoms with Crippen molar-refractivity contribution in [1.29, 1.82) is 0 Å². The second-order valence-corrected chi connectivity index (χ2v) is 4.82. The van der Waals surface area contributed by atoms with Crippen LogP contribution in [0.2, 0.25) is 0 Å². The molecular weight excluding hydrogens is 266 g/mol. The molecule has 84 valence electrons. The summed E-state index contributed by atoms with van der Waals surface area (Å²) in [5, 5.41) is 3.31. The van der Waals surface area contributed by atoms with Crippen molar-refractivity contribution < 1.29 is 0 Å². The van der Waals surface area contributed by atoms with E-state index in [0.29, 0.717) is 6.04 Å². The maximum absolute atomic E-state index is 4.30. The Kier molecular flexibility index (Phi) is 3.29. The Bertz CT molecular complexity index is 477. The minimum absolute atomic E-state index is 0.369. The number of hydrogen-bond donors (Lipinski definition) is 1. The van der Waals surface area contributed by atoms with Gasteiger partial charge in [-0.25, -0.2) is 4.98 Å². The molecule has 0 saturated heterocycles. The highest BCUT2D eigenvalue weighted by molar-refractivity contribution is 9.10. The zero-order valence-corrected chi connectivity index (χ0v) is 10.9. The van der Waals surface area contributed by atoms with Crippen LogP contribution in [-0.2, 0) is 0 Å². The highest BCUT2D eigenvalue weighted by atomic mass is 79.9. The van der Waals surface area contributed by atoms with Gasteiger partial charge in [0.1, 0.15) is 0 Å². The van der Waals surface area contributed by atoms with Gasteiger partial charge in [-0.05, 0) is 32.0 Å². The van der Waals surface area contributed by atoms with E-state index in [-0.39, 0.29) is 0 Å². The Morgan fingerprint density at radius 2 is 2.19 bits per heavy atom. The van der Waals surface area contributed by atoms with Gasteiger partial charge in [-0.1, -0.05) is 22.0 Å². The molecule has 0 radical (unpaired) electrons. The number of halogens is 1. The third-order valence-electron chi connectivity index (χ3n) is 2.14. The van der Waals surface area contributed by atoms with E-state index in [1.165, 1.54) is 0 Å². The first-order valence-corrected chi connectivity index (χ1v) is 6.02. The molecule has 0 spiro atoms. The zero-order valence-electron chi connectivity index (χ0n) is 9.31. The molecule has 1 aromatic heterocycles. The lowest BCUT2D eigenvalue weighted by atomic mass is 10.3. The molecule has 1 N–H and O–H groups in total. The first-order valence-electron chi connectivity index (χ1n) is 5.22. The van der Waals surface area contributed by atoms with E-state index in [0.717, 1.165) is 16.1 Å². The van der Waals surface area contributed by atoms with Crippen molar-refractivity contribution in [3.8, 4) is 5.69 Å². The van der Waals surface area contributed by atoms with Crippen LogP contribution in [0.25, 0.3) is 5.69 Å². The zero-order chi connectivity index (χ0) is 11.5. The van der Waals surface area contributed by atoms with E-state index in [1.807, 2.05) is 22.9 Å². The molecule has 1 aromatic carbocycles. The molecule has 16 heavy (non-hydrogen) atoms. The van der Waals surface area contributed by atoms with Crippen LogP contribution in [0.5, 0.6) is 0 Å². The lowest BCUT2D eigenvalue weighted by molar-refractivity contribution is 0.864. The molecule has 0 unspecified atom stereocenters. The molecular formula is C12H14BrN3. The van der Waals surface area contributed by atoms with Gasteiger partial charge in [0.2, 0.25) is 5.95 Å². The van der Waals surface area contributed by atoms with Crippen LogP contribution in [0.1, 0.15) is 13.8 Å². The largest absolute Gasteiger partial charge is 0.353 e. The summed E-state index contributed by atoms with van der Waals surface area (Å²) in [4.78, 5) is 4.30. The molecule has 0 saturated carbocycles. The van der Waals surface area contributed by atoms with E-state index in [4.69, 9.17) is 0 Å². The van der Waals surface area contributed by atoms with E-state index in [2.05, 4.69) is 52.2 Å². The summed E-state index contributed by atoms with van der Waals surface area (Å²) in [6.07, 6.45) is 3.75. The van der Waals surface area contributed by atoms with Crippen LogP contribution >= 0.6 is 15.9 Å². The van der Waals surface area contributed by atoms with Gasteiger partial charge in [-0.15, -0.1) is 0 Å². The van der Waals surface area contributed by atoms with Crippen LogP contribution < -0.4 is 5.32 Å². The Balaban J connectivity index is 2.37. The van der Waals surface area contributed by atoms with Crippen LogP contribution in [0.4, 0.5) is 5.95 Å². The fraction of sp³-hybridized carbons (Fsp3) is 0.250. The van der Waals surface area contributed by atoms with Crippen LogP contribution in [0.3, 0.4) is 0 Å². The highest BCUT2D eigenvalue weighted by Crippen LogP contribution is 2.19. The highest BCUT2D eigenvalue weighted by Gasteiger charge is 2.05. The van der Waals surface area contributed by atoms with Gasteiger partial charge in [0, 0.05) is 28.6 Å². The second-order valence-electron chi connectivity index (χ2n) is 3.90. The van der Waals surface area contributed by atoms with Crippen molar-refractivity contribution in [2.45, 2.75) is 19.9 Å². The Morgan fingerprint density at radius 1 is 1.38 bits per heavy atom. The molecule has 0 fully saturated rings. The smallest absolute Gasteiger partial charge is 0.207 e. The molecule has 3 nitrogen and oxygen atoms in total. The maximum atomic E-state index is 4.30. The van der Waals surface area contributed by atoms with Crippen molar-refractivity contribution in [2.24, 2.45) is 0 Å². The molecule has 4 heteroatoms. The summed E-state index contributed by atoms with van der Waals surface area (Å²) < 4.78 is 3.10. The lowest BCUT2D eigenvalue weighted by Gasteiger charge is -2.12. The SMILES string of the molecule is CC(C)Nc1nccn1-c1cccc(Br)c1. The van der Waals surface area contributed by atoms with Crippen molar-refractivity contribution >= 4 is 21.9 Å². The average molecular weight is 280 g/mol. The number of nitrogens with zero attached hydrogens (tertiary/aromatic N) is 2. The Morgan fingerprint density at radius 3 is 2.88 bits per heavy atom. The van der Waals surface area contributed by atoms with Crippen LogP contribution in [0, 0.1) is 0 Å². The number of nitrogens with one attached hydrogen (secondary N) is 1. The number of hydrogen-bond acceptors (Lipinski definition) is 2. The minimum Gasteiger partial charge on any atom is -0.353 e. The number of anilines is 1. The summed E-state index contributed by atoms with van der Waals surface area (Å²) in [5.74, 6) is 0.869. The summed E-state index contributed by atoms with van der Waals surface area (Å²) in [6.45, 7) is 4.19. The normalized spacial score (nSPS) is 10.8. The van der Waals surface area contributed by atoms with Gasteiger partial charge in [0.15, 0.2) is 0 Å². The number of rotatable bonds is 3. The van der Waals surface area contributed by atoms with Crippen molar-refractivity contribution in [3.05, 3.63) is 41.1 Å². The van der Waals surface area contributed by atoms with Crippen molar-refractivity contribution in [3.63, 3.8) is 0 Å². The van der Waals surface area contributed by atoms with E-state index < -0.39 is 0 Å². The quantitative estimate of drug-likeness (QED) is 0.933. The van der Waals surface area contributed by atoms with Crippen LogP contribution in [-0.4, -0.2) is 15.6 Å². The molecule has 0 atom stereocenters. The Labute approximate surface area is 104 Å². The number of imidazole rings is 1. The molecule has 2 rings (SSSR count). The predicted octanol–water partition coefficient (Wildman–Crippen LogP) is 3.46. The van der Waals surface area contributed by atoms with Gasteiger partial charge in [0.25, 0.3) is 0 Å². The van der Waals surface area contributed by atoms with E-state index in [9.17, 15) is 0 Å². The molecule has 0 aliphatic heterocycles. The monoisotopic (exact) mass is 279 g/mol. The molecule has 0 aliphatic carbocycles. The summed E-state index contributed by atoms with van der Waals surface area (Å²) in [7, 11) is 0. The van der Waals surface area contributed by atoms with Gasteiger partial charge in [-0.3, -0.25) is 4.57 Å². The predicted molar refractivity (Wildman–Crippen MR) is 70.0 cm³/mol. The molecule has 1 heterocycles. The molecule has 0 bridgehead atoms. The van der Waals surface area contributed by atoms with Gasteiger partial charge in [-0.2, -0.15) is 0 Å². The average Bonchev–Trinajstić information content (AvgIpc) is 2.65. The third-order valence-corrected chi connectivity index (χ3v) is 2.64.